The maximum absolute atomic E-state index is 4.73. The lowest BCUT2D eigenvalue weighted by Crippen LogP contribution is -2.24. The van der Waals surface area contributed by atoms with Crippen LogP contribution in [0, 0.1) is 19.8 Å². The van der Waals surface area contributed by atoms with E-state index in [4.69, 9.17) is 9.97 Å². The van der Waals surface area contributed by atoms with E-state index in [0.717, 1.165) is 31.1 Å². The number of aryl methyl sites for hydroxylation is 2. The first-order valence-corrected chi connectivity index (χ1v) is 7.56. The summed E-state index contributed by atoms with van der Waals surface area (Å²) in [6.45, 7) is 12.0. The molecule has 0 aromatic carbocycles. The number of nitrogens with one attached hydrogen (secondary N) is 1. The lowest BCUT2D eigenvalue weighted by molar-refractivity contribution is 0.568. The molecule has 1 aliphatic carbocycles. The van der Waals surface area contributed by atoms with E-state index in [1.54, 1.807) is 0 Å². The molecule has 106 valence electrons. The largest absolute Gasteiger partial charge is 0.315 e. The number of hydrogen-bond donors (Lipinski definition) is 1. The lowest BCUT2D eigenvalue weighted by atomic mass is 10.1. The monoisotopic (exact) mass is 261 g/mol. The number of aromatic nitrogens is 2. The van der Waals surface area contributed by atoms with Crippen LogP contribution in [-0.4, -0.2) is 22.6 Å². The number of hydrogen-bond acceptors (Lipinski definition) is 3. The van der Waals surface area contributed by atoms with E-state index >= 15 is 0 Å². The summed E-state index contributed by atoms with van der Waals surface area (Å²) in [7, 11) is 0. The zero-order valence-corrected chi connectivity index (χ0v) is 13.0. The van der Waals surface area contributed by atoms with Gasteiger partial charge in [0, 0.05) is 23.3 Å². The fraction of sp³-hybridized carbons (Fsp3) is 0.750. The van der Waals surface area contributed by atoms with E-state index < -0.39 is 0 Å². The summed E-state index contributed by atoms with van der Waals surface area (Å²) in [4.78, 5) is 9.46. The van der Waals surface area contributed by atoms with Crippen molar-refractivity contribution in [3.8, 4) is 0 Å². The van der Waals surface area contributed by atoms with Gasteiger partial charge in [0.1, 0.15) is 5.82 Å². The first-order valence-electron chi connectivity index (χ1n) is 7.56. The van der Waals surface area contributed by atoms with E-state index in [9.17, 15) is 0 Å². The summed E-state index contributed by atoms with van der Waals surface area (Å²) in [5.41, 5.74) is 3.72. The van der Waals surface area contributed by atoms with Gasteiger partial charge < -0.3 is 5.32 Å². The SMILES string of the molecule is Cc1nc(C2CC2C)nc(C)c1CCCNC(C)C. The highest BCUT2D eigenvalue weighted by atomic mass is 14.9. The van der Waals surface area contributed by atoms with Crippen LogP contribution >= 0.6 is 0 Å². The van der Waals surface area contributed by atoms with Gasteiger partial charge in [-0.3, -0.25) is 0 Å². The third kappa shape index (κ3) is 3.75. The molecule has 1 saturated carbocycles. The minimum absolute atomic E-state index is 0.567. The molecule has 0 saturated heterocycles. The zero-order chi connectivity index (χ0) is 14.0. The Balaban J connectivity index is 1.97. The van der Waals surface area contributed by atoms with E-state index in [1.807, 2.05) is 0 Å². The molecule has 1 aliphatic rings. The highest BCUT2D eigenvalue weighted by molar-refractivity contribution is 5.26. The van der Waals surface area contributed by atoms with Gasteiger partial charge in [-0.15, -0.1) is 0 Å². The summed E-state index contributed by atoms with van der Waals surface area (Å²) in [6.07, 6.45) is 3.50. The summed E-state index contributed by atoms with van der Waals surface area (Å²) in [5.74, 6) is 2.47. The average molecular weight is 261 g/mol. The fourth-order valence-electron chi connectivity index (χ4n) is 2.63. The molecule has 0 bridgehead atoms. The van der Waals surface area contributed by atoms with Crippen molar-refractivity contribution in [1.82, 2.24) is 15.3 Å². The molecule has 1 aromatic rings. The molecular weight excluding hydrogens is 234 g/mol. The van der Waals surface area contributed by atoms with Gasteiger partial charge in [0.15, 0.2) is 0 Å². The predicted octanol–water partition coefficient (Wildman–Crippen LogP) is 3.15. The Morgan fingerprint density at radius 1 is 1.21 bits per heavy atom. The van der Waals surface area contributed by atoms with Crippen molar-refractivity contribution in [2.75, 3.05) is 6.54 Å². The van der Waals surface area contributed by atoms with Crippen LogP contribution in [0.3, 0.4) is 0 Å². The second-order valence-electron chi connectivity index (χ2n) is 6.26. The van der Waals surface area contributed by atoms with Gasteiger partial charge >= 0.3 is 0 Å². The predicted molar refractivity (Wildman–Crippen MR) is 79.5 cm³/mol. The van der Waals surface area contributed by atoms with Crippen molar-refractivity contribution in [3.63, 3.8) is 0 Å². The van der Waals surface area contributed by atoms with Crippen molar-refractivity contribution < 1.29 is 0 Å². The highest BCUT2D eigenvalue weighted by Crippen LogP contribution is 2.45. The van der Waals surface area contributed by atoms with Crippen LogP contribution in [0.15, 0.2) is 0 Å². The first-order chi connectivity index (χ1) is 8.99. The Bertz CT molecular complexity index is 417. The van der Waals surface area contributed by atoms with Gasteiger partial charge in [0.2, 0.25) is 0 Å². The van der Waals surface area contributed by atoms with Gasteiger partial charge in [0.25, 0.3) is 0 Å². The second kappa shape index (κ2) is 6.00. The quantitative estimate of drug-likeness (QED) is 0.799. The van der Waals surface area contributed by atoms with Crippen LogP contribution in [0.1, 0.15) is 62.3 Å². The van der Waals surface area contributed by atoms with Crippen molar-refractivity contribution in [3.05, 3.63) is 22.8 Å². The van der Waals surface area contributed by atoms with Crippen molar-refractivity contribution in [2.24, 2.45) is 5.92 Å². The molecule has 2 rings (SSSR count). The molecule has 3 nitrogen and oxygen atoms in total. The molecule has 0 spiro atoms. The molecule has 1 fully saturated rings. The standard InChI is InChI=1S/C16H27N3/c1-10(2)17-8-6-7-14-12(4)18-16(19-13(14)5)15-9-11(15)3/h10-11,15,17H,6-9H2,1-5H3. The third-order valence-corrected chi connectivity index (χ3v) is 4.04. The molecule has 1 heterocycles. The first kappa shape index (κ1) is 14.4. The van der Waals surface area contributed by atoms with Crippen LogP contribution in [0.25, 0.3) is 0 Å². The van der Waals surface area contributed by atoms with Crippen LogP contribution in [0.2, 0.25) is 0 Å². The normalized spacial score (nSPS) is 22.0. The average Bonchev–Trinajstić information content (AvgIpc) is 3.04. The smallest absolute Gasteiger partial charge is 0.132 e. The van der Waals surface area contributed by atoms with E-state index in [1.165, 1.54) is 23.4 Å². The van der Waals surface area contributed by atoms with Crippen molar-refractivity contribution in [1.29, 1.82) is 0 Å². The van der Waals surface area contributed by atoms with Gasteiger partial charge in [-0.05, 0) is 51.1 Å². The van der Waals surface area contributed by atoms with Crippen LogP contribution in [-0.2, 0) is 6.42 Å². The van der Waals surface area contributed by atoms with Crippen molar-refractivity contribution in [2.45, 2.75) is 65.8 Å². The molecule has 0 radical (unpaired) electrons. The Morgan fingerprint density at radius 3 is 2.26 bits per heavy atom. The van der Waals surface area contributed by atoms with Crippen LogP contribution < -0.4 is 5.32 Å². The lowest BCUT2D eigenvalue weighted by Gasteiger charge is -2.12. The molecule has 19 heavy (non-hydrogen) atoms. The number of nitrogens with zero attached hydrogens (tertiary/aromatic N) is 2. The van der Waals surface area contributed by atoms with E-state index in [0.29, 0.717) is 12.0 Å². The summed E-state index contributed by atoms with van der Waals surface area (Å²) >= 11 is 0. The van der Waals surface area contributed by atoms with Crippen LogP contribution in [0.5, 0.6) is 0 Å². The highest BCUT2D eigenvalue weighted by Gasteiger charge is 2.36. The maximum Gasteiger partial charge on any atom is 0.132 e. The Labute approximate surface area is 117 Å². The molecule has 0 amide bonds. The summed E-state index contributed by atoms with van der Waals surface area (Å²) in [6, 6.07) is 0.567. The minimum Gasteiger partial charge on any atom is -0.315 e. The Morgan fingerprint density at radius 2 is 1.79 bits per heavy atom. The molecule has 1 N–H and O–H groups in total. The molecular formula is C16H27N3. The third-order valence-electron chi connectivity index (χ3n) is 4.04. The van der Waals surface area contributed by atoms with Gasteiger partial charge in [0.05, 0.1) is 0 Å². The van der Waals surface area contributed by atoms with Crippen LogP contribution in [0.4, 0.5) is 0 Å². The Hall–Kier alpha value is -0.960. The van der Waals surface area contributed by atoms with E-state index in [2.05, 4.69) is 39.9 Å². The maximum atomic E-state index is 4.73. The molecule has 2 unspecified atom stereocenters. The zero-order valence-electron chi connectivity index (χ0n) is 13.0. The number of rotatable bonds is 6. The minimum atomic E-state index is 0.567. The second-order valence-corrected chi connectivity index (χ2v) is 6.26. The topological polar surface area (TPSA) is 37.8 Å². The van der Waals surface area contributed by atoms with Gasteiger partial charge in [-0.1, -0.05) is 20.8 Å². The summed E-state index contributed by atoms with van der Waals surface area (Å²) in [5, 5.41) is 3.46. The molecule has 1 aromatic heterocycles. The fourth-order valence-corrected chi connectivity index (χ4v) is 2.63. The van der Waals surface area contributed by atoms with Gasteiger partial charge in [-0.2, -0.15) is 0 Å². The van der Waals surface area contributed by atoms with Gasteiger partial charge in [-0.25, -0.2) is 9.97 Å². The Kier molecular flexibility index (Phi) is 4.56. The molecule has 0 aliphatic heterocycles. The molecule has 3 heteroatoms. The van der Waals surface area contributed by atoms with E-state index in [-0.39, 0.29) is 0 Å². The molecule has 2 atom stereocenters. The van der Waals surface area contributed by atoms with Crippen molar-refractivity contribution >= 4 is 0 Å². The summed E-state index contributed by atoms with van der Waals surface area (Å²) < 4.78 is 0.